The van der Waals surface area contributed by atoms with Crippen LogP contribution < -0.4 is 16.2 Å². The molecule has 0 fully saturated rings. The second kappa shape index (κ2) is 7.12. The predicted molar refractivity (Wildman–Crippen MR) is 57.7 cm³/mol. The fourth-order valence-electron chi connectivity index (χ4n) is 0.863. The molecule has 0 saturated heterocycles. The molecule has 98 valence electrons. The minimum Gasteiger partial charge on any atom is -0.362 e. The molecule has 0 amide bonds. The summed E-state index contributed by atoms with van der Waals surface area (Å²) in [6.45, 7) is 3.14. The summed E-state index contributed by atoms with van der Waals surface area (Å²) in [6, 6.07) is -0.744. The summed E-state index contributed by atoms with van der Waals surface area (Å²) in [5.74, 6) is 0. The van der Waals surface area contributed by atoms with Crippen molar-refractivity contribution in [3.63, 3.8) is 0 Å². The molecule has 0 aliphatic heterocycles. The van der Waals surface area contributed by atoms with Gasteiger partial charge in [0.2, 0.25) is 0 Å². The van der Waals surface area contributed by atoms with Gasteiger partial charge in [-0.3, -0.25) is 4.55 Å². The van der Waals surface area contributed by atoms with E-state index < -0.39 is 28.8 Å². The zero-order chi connectivity index (χ0) is 12.8. The van der Waals surface area contributed by atoms with Crippen molar-refractivity contribution in [1.29, 1.82) is 0 Å². The third-order valence-corrected chi connectivity index (χ3v) is 2.07. The summed E-state index contributed by atoms with van der Waals surface area (Å²) >= 11 is 0. The molecule has 0 aromatic carbocycles. The van der Waals surface area contributed by atoms with Gasteiger partial charge >= 0.3 is 10.3 Å². The maximum atomic E-state index is 10.6. The van der Waals surface area contributed by atoms with Crippen LogP contribution in [-0.2, 0) is 19.8 Å². The second-order valence-corrected chi connectivity index (χ2v) is 4.55. The zero-order valence-corrected chi connectivity index (χ0v) is 10.1. The largest absolute Gasteiger partial charge is 0.362 e. The van der Waals surface area contributed by atoms with E-state index in [0.29, 0.717) is 0 Å². The quantitative estimate of drug-likeness (QED) is 0.303. The van der Waals surface area contributed by atoms with E-state index in [1.165, 1.54) is 0 Å². The van der Waals surface area contributed by atoms with Crippen LogP contribution in [0.2, 0.25) is 0 Å². The van der Waals surface area contributed by atoms with Crippen LogP contribution in [-0.4, -0.2) is 44.7 Å². The van der Waals surface area contributed by atoms with E-state index in [-0.39, 0.29) is 13.2 Å². The van der Waals surface area contributed by atoms with Crippen molar-refractivity contribution in [3.8, 4) is 0 Å². The molecule has 0 radical (unpaired) electrons. The number of hydrogen-bond donors (Lipinski definition) is 4. The first-order chi connectivity index (χ1) is 7.20. The monoisotopic (exact) mass is 257 g/mol. The first-order valence-electron chi connectivity index (χ1n) is 4.70. The molecule has 2 unspecified atom stereocenters. The van der Waals surface area contributed by atoms with E-state index in [2.05, 4.69) is 0 Å². The summed E-state index contributed by atoms with van der Waals surface area (Å²) in [7, 11) is -4.31. The molecule has 0 bridgehead atoms. The Morgan fingerprint density at radius 2 is 1.56 bits per heavy atom. The van der Waals surface area contributed by atoms with Crippen LogP contribution in [0.4, 0.5) is 0 Å². The third kappa shape index (κ3) is 10.2. The smallest absolute Gasteiger partial charge is 0.333 e. The van der Waals surface area contributed by atoms with Crippen LogP contribution in [0.1, 0.15) is 13.8 Å². The summed E-state index contributed by atoms with van der Waals surface area (Å²) in [4.78, 5) is 0. The van der Waals surface area contributed by atoms with Crippen LogP contribution in [0.25, 0.3) is 0 Å². The Hall–Kier alpha value is -0.290. The van der Waals surface area contributed by atoms with E-state index in [1.807, 2.05) is 4.72 Å². The van der Waals surface area contributed by atoms with Gasteiger partial charge in [-0.15, -0.1) is 0 Å². The zero-order valence-electron chi connectivity index (χ0n) is 9.29. The lowest BCUT2D eigenvalue weighted by Gasteiger charge is -2.19. The molecule has 8 nitrogen and oxygen atoms in total. The van der Waals surface area contributed by atoms with Crippen molar-refractivity contribution in [3.05, 3.63) is 0 Å². The number of hydrogen-bond acceptors (Lipinski definition) is 6. The molecule has 0 aliphatic rings. The Kier molecular flexibility index (Phi) is 6.99. The van der Waals surface area contributed by atoms with Gasteiger partial charge in [-0.1, -0.05) is 0 Å². The Morgan fingerprint density at radius 3 is 1.81 bits per heavy atom. The van der Waals surface area contributed by atoms with Crippen molar-refractivity contribution in [2.75, 3.05) is 13.2 Å². The lowest BCUT2D eigenvalue weighted by Crippen LogP contribution is -2.43. The van der Waals surface area contributed by atoms with E-state index in [0.717, 1.165) is 0 Å². The van der Waals surface area contributed by atoms with Gasteiger partial charge in [-0.2, -0.15) is 13.1 Å². The standard InChI is InChI=1S/C7H19N3O5S/c1-5(8)14-3-7(4-15-6(2)9)10-16(11,12)13/h5-7,10H,3-4,8-9H2,1-2H3,(H,11,12,13). The van der Waals surface area contributed by atoms with Crippen LogP contribution in [0.5, 0.6) is 0 Å². The van der Waals surface area contributed by atoms with Crippen LogP contribution in [0.15, 0.2) is 0 Å². The Morgan fingerprint density at radius 1 is 1.19 bits per heavy atom. The number of rotatable bonds is 8. The van der Waals surface area contributed by atoms with Crippen LogP contribution in [0.3, 0.4) is 0 Å². The third-order valence-electron chi connectivity index (χ3n) is 1.44. The van der Waals surface area contributed by atoms with Crippen molar-refractivity contribution in [2.45, 2.75) is 32.3 Å². The first-order valence-corrected chi connectivity index (χ1v) is 6.14. The molecule has 0 aliphatic carbocycles. The van der Waals surface area contributed by atoms with E-state index in [9.17, 15) is 8.42 Å². The lowest BCUT2D eigenvalue weighted by atomic mass is 10.3. The highest BCUT2D eigenvalue weighted by atomic mass is 32.2. The minimum absolute atomic E-state index is 0.0236. The van der Waals surface area contributed by atoms with Gasteiger partial charge < -0.3 is 20.9 Å². The van der Waals surface area contributed by atoms with Gasteiger partial charge in [0.1, 0.15) is 12.5 Å². The lowest BCUT2D eigenvalue weighted by molar-refractivity contribution is 0.00981. The molecule has 0 heterocycles. The molecule has 0 saturated carbocycles. The van der Waals surface area contributed by atoms with Gasteiger partial charge in [-0.05, 0) is 13.8 Å². The topological polar surface area (TPSA) is 137 Å². The van der Waals surface area contributed by atoms with E-state index >= 15 is 0 Å². The minimum atomic E-state index is -4.31. The molecular formula is C7H19N3O5S. The molecule has 0 rings (SSSR count). The van der Waals surface area contributed by atoms with Crippen molar-refractivity contribution in [1.82, 2.24) is 4.72 Å². The number of nitrogens with one attached hydrogen (secondary N) is 1. The Balaban J connectivity index is 4.16. The Bertz CT molecular complexity index is 268. The average molecular weight is 257 g/mol. The Labute approximate surface area is 95.1 Å². The molecule has 2 atom stereocenters. The van der Waals surface area contributed by atoms with Crippen LogP contribution >= 0.6 is 0 Å². The molecular weight excluding hydrogens is 238 g/mol. The number of nitrogens with two attached hydrogens (primary N) is 2. The highest BCUT2D eigenvalue weighted by molar-refractivity contribution is 7.83. The van der Waals surface area contributed by atoms with Crippen molar-refractivity contribution >= 4 is 10.3 Å². The second-order valence-electron chi connectivity index (χ2n) is 3.37. The normalized spacial score (nSPS) is 18.1. The SMILES string of the molecule is CC(N)OCC(COC(C)N)NS(=O)(=O)O. The predicted octanol–water partition coefficient (Wildman–Crippen LogP) is -1.61. The maximum Gasteiger partial charge on any atom is 0.333 e. The van der Waals surface area contributed by atoms with E-state index in [1.54, 1.807) is 13.8 Å². The van der Waals surface area contributed by atoms with Gasteiger partial charge in [0.15, 0.2) is 0 Å². The van der Waals surface area contributed by atoms with Gasteiger partial charge in [-0.25, -0.2) is 0 Å². The molecule has 0 aromatic heterocycles. The van der Waals surface area contributed by atoms with Crippen LogP contribution in [0, 0.1) is 0 Å². The first kappa shape index (κ1) is 15.7. The molecule has 9 heteroatoms. The van der Waals surface area contributed by atoms with Gasteiger partial charge in [0.25, 0.3) is 0 Å². The van der Waals surface area contributed by atoms with Gasteiger partial charge in [0.05, 0.1) is 19.3 Å². The molecule has 0 spiro atoms. The summed E-state index contributed by atoms with van der Waals surface area (Å²) < 4.78 is 41.7. The highest BCUT2D eigenvalue weighted by Crippen LogP contribution is 1.94. The van der Waals surface area contributed by atoms with Crippen molar-refractivity contribution in [2.24, 2.45) is 11.5 Å². The van der Waals surface area contributed by atoms with E-state index in [4.69, 9.17) is 25.5 Å². The molecule has 6 N–H and O–H groups in total. The summed E-state index contributed by atoms with van der Waals surface area (Å²) in [6.07, 6.45) is -1.08. The maximum absolute atomic E-state index is 10.6. The average Bonchev–Trinajstić information content (AvgIpc) is 2.07. The molecule has 0 aromatic rings. The van der Waals surface area contributed by atoms with Gasteiger partial charge in [0, 0.05) is 0 Å². The molecule has 16 heavy (non-hydrogen) atoms. The fourth-order valence-corrected chi connectivity index (χ4v) is 1.42. The summed E-state index contributed by atoms with van der Waals surface area (Å²) in [5, 5.41) is 0. The fraction of sp³-hybridized carbons (Fsp3) is 1.00. The van der Waals surface area contributed by atoms with Crippen molar-refractivity contribution < 1.29 is 22.4 Å². The number of ether oxygens (including phenoxy) is 2. The summed E-state index contributed by atoms with van der Waals surface area (Å²) in [5.41, 5.74) is 10.7. The highest BCUT2D eigenvalue weighted by Gasteiger charge is 2.17.